The van der Waals surface area contributed by atoms with Gasteiger partial charge in [0.1, 0.15) is 5.54 Å². The zero-order valence-electron chi connectivity index (χ0n) is 15.2. The predicted octanol–water partition coefficient (Wildman–Crippen LogP) is 2.40. The lowest BCUT2D eigenvalue weighted by Gasteiger charge is -2.65. The van der Waals surface area contributed by atoms with Crippen molar-refractivity contribution in [1.29, 1.82) is 0 Å². The van der Waals surface area contributed by atoms with E-state index in [0.29, 0.717) is 13.2 Å². The van der Waals surface area contributed by atoms with Crippen molar-refractivity contribution in [3.63, 3.8) is 0 Å². The van der Waals surface area contributed by atoms with Crippen molar-refractivity contribution >= 4 is 18.3 Å². The monoisotopic (exact) mass is 368 g/mol. The molecule has 2 aliphatic rings. The Kier molecular flexibility index (Phi) is 6.15. The number of fused-ring (bicyclic) bond motifs is 1. The smallest absolute Gasteiger partial charge is 0.241 e. The molecule has 0 spiro atoms. The first kappa shape index (κ1) is 20.2. The zero-order valence-corrected chi connectivity index (χ0v) is 16.0. The molecule has 6 heteroatoms. The number of ether oxygens (including phenoxy) is 2. The van der Waals surface area contributed by atoms with Crippen molar-refractivity contribution in [1.82, 2.24) is 5.32 Å². The number of carbonyl (C=O) groups is 1. The summed E-state index contributed by atoms with van der Waals surface area (Å²) >= 11 is 0. The van der Waals surface area contributed by atoms with Crippen molar-refractivity contribution in [3.8, 4) is 0 Å². The van der Waals surface area contributed by atoms with Crippen LogP contribution in [0.25, 0.3) is 0 Å². The first-order valence-electron chi connectivity index (χ1n) is 8.67. The minimum atomic E-state index is -0.867. The molecular formula is C19H29ClN2O3. The van der Waals surface area contributed by atoms with Gasteiger partial charge in [0.25, 0.3) is 0 Å². The summed E-state index contributed by atoms with van der Waals surface area (Å²) in [5.41, 5.74) is 7.54. The van der Waals surface area contributed by atoms with Crippen LogP contribution >= 0.6 is 12.4 Å². The molecule has 1 aliphatic carbocycles. The highest BCUT2D eigenvalue weighted by molar-refractivity contribution is 5.89. The largest absolute Gasteiger partial charge is 0.380 e. The third kappa shape index (κ3) is 3.19. The Balaban J connectivity index is 0.00000225. The van der Waals surface area contributed by atoms with E-state index >= 15 is 0 Å². The molecule has 1 aliphatic heterocycles. The predicted molar refractivity (Wildman–Crippen MR) is 99.4 cm³/mol. The molecule has 1 aromatic carbocycles. The van der Waals surface area contributed by atoms with E-state index in [9.17, 15) is 4.79 Å². The van der Waals surface area contributed by atoms with E-state index in [-0.39, 0.29) is 35.8 Å². The van der Waals surface area contributed by atoms with E-state index in [1.54, 1.807) is 7.11 Å². The molecule has 3 rings (SSSR count). The van der Waals surface area contributed by atoms with E-state index in [1.807, 2.05) is 38.1 Å². The minimum Gasteiger partial charge on any atom is -0.380 e. The second-order valence-corrected chi connectivity index (χ2v) is 7.52. The Bertz CT molecular complexity index is 622. The van der Waals surface area contributed by atoms with Gasteiger partial charge in [0.05, 0.1) is 12.7 Å². The topological polar surface area (TPSA) is 73.6 Å². The molecule has 3 N–H and O–H groups in total. The van der Waals surface area contributed by atoms with E-state index in [0.717, 1.165) is 30.6 Å². The summed E-state index contributed by atoms with van der Waals surface area (Å²) in [7, 11) is 1.67. The Morgan fingerprint density at radius 1 is 1.36 bits per heavy atom. The quantitative estimate of drug-likeness (QED) is 0.837. The van der Waals surface area contributed by atoms with Crippen molar-refractivity contribution < 1.29 is 14.3 Å². The highest BCUT2D eigenvalue weighted by Gasteiger charge is 2.70. The maximum atomic E-state index is 12.9. The van der Waals surface area contributed by atoms with Crippen molar-refractivity contribution in [3.05, 3.63) is 35.4 Å². The van der Waals surface area contributed by atoms with E-state index in [1.165, 1.54) is 0 Å². The number of methoxy groups -OCH3 is 1. The molecule has 1 aromatic rings. The lowest BCUT2D eigenvalue weighted by Crippen LogP contribution is -2.82. The summed E-state index contributed by atoms with van der Waals surface area (Å²) in [6, 6.07) is 7.97. The standard InChI is InChI=1S/C19H28N2O3.ClH/c1-18(2)16-15(9-6-10-24-16)19(18,20)17(22)21-11-13-7-4-5-8-14(13)12-23-3;/h4-5,7-8,15-16H,6,9-12,20H2,1-3H3,(H,21,22);1H. The van der Waals surface area contributed by atoms with Crippen LogP contribution in [0.2, 0.25) is 0 Å². The van der Waals surface area contributed by atoms with Crippen LogP contribution in [0.3, 0.4) is 0 Å². The second-order valence-electron chi connectivity index (χ2n) is 7.52. The van der Waals surface area contributed by atoms with Crippen LogP contribution in [0, 0.1) is 11.3 Å². The van der Waals surface area contributed by atoms with Gasteiger partial charge in [-0.2, -0.15) is 0 Å². The fourth-order valence-corrected chi connectivity index (χ4v) is 4.38. The molecular weight excluding hydrogens is 340 g/mol. The molecule has 2 fully saturated rings. The maximum absolute atomic E-state index is 12.9. The summed E-state index contributed by atoms with van der Waals surface area (Å²) < 4.78 is 11.1. The summed E-state index contributed by atoms with van der Waals surface area (Å²) in [6.45, 7) is 5.85. The van der Waals surface area contributed by atoms with Gasteiger partial charge in [0.2, 0.25) is 5.91 Å². The van der Waals surface area contributed by atoms with Crippen LogP contribution < -0.4 is 11.1 Å². The van der Waals surface area contributed by atoms with Gasteiger partial charge in [-0.1, -0.05) is 38.1 Å². The average molecular weight is 369 g/mol. The summed E-state index contributed by atoms with van der Waals surface area (Å²) in [6.07, 6.45) is 2.01. The van der Waals surface area contributed by atoms with Crippen LogP contribution in [0.1, 0.15) is 37.8 Å². The molecule has 0 bridgehead atoms. The summed E-state index contributed by atoms with van der Waals surface area (Å²) in [5, 5.41) is 3.05. The number of halogens is 1. The molecule has 1 amide bonds. The Morgan fingerprint density at radius 3 is 2.72 bits per heavy atom. The summed E-state index contributed by atoms with van der Waals surface area (Å²) in [4.78, 5) is 12.9. The molecule has 25 heavy (non-hydrogen) atoms. The second kappa shape index (κ2) is 7.62. The first-order valence-corrected chi connectivity index (χ1v) is 8.67. The number of amides is 1. The van der Waals surface area contributed by atoms with Crippen LogP contribution in [0.4, 0.5) is 0 Å². The van der Waals surface area contributed by atoms with E-state index in [4.69, 9.17) is 15.2 Å². The molecule has 1 saturated heterocycles. The molecule has 5 nitrogen and oxygen atoms in total. The van der Waals surface area contributed by atoms with Crippen LogP contribution in [0.5, 0.6) is 0 Å². The number of carbonyl (C=O) groups excluding carboxylic acids is 1. The van der Waals surface area contributed by atoms with Crippen molar-refractivity contribution in [2.45, 2.75) is 51.5 Å². The van der Waals surface area contributed by atoms with Gasteiger partial charge >= 0.3 is 0 Å². The Labute approximate surface area is 156 Å². The average Bonchev–Trinajstić information content (AvgIpc) is 2.60. The molecule has 0 aromatic heterocycles. The summed E-state index contributed by atoms with van der Waals surface area (Å²) in [5.74, 6) is 0.0296. The highest BCUT2D eigenvalue weighted by atomic mass is 35.5. The normalized spacial score (nSPS) is 29.8. The fraction of sp³-hybridized carbons (Fsp3) is 0.632. The molecule has 3 unspecified atom stereocenters. The van der Waals surface area contributed by atoms with Crippen molar-refractivity contribution in [2.75, 3.05) is 13.7 Å². The number of rotatable bonds is 5. The fourth-order valence-electron chi connectivity index (χ4n) is 4.38. The first-order chi connectivity index (χ1) is 11.4. The number of nitrogens with two attached hydrogens (primary N) is 1. The third-order valence-corrected chi connectivity index (χ3v) is 5.92. The van der Waals surface area contributed by atoms with Gasteiger partial charge < -0.3 is 20.5 Å². The molecule has 3 atom stereocenters. The SMILES string of the molecule is COCc1ccccc1CNC(=O)C1(N)C2CCCOC2C1(C)C.Cl. The van der Waals surface area contributed by atoms with E-state index < -0.39 is 5.54 Å². The highest BCUT2D eigenvalue weighted by Crippen LogP contribution is 2.57. The maximum Gasteiger partial charge on any atom is 0.241 e. The van der Waals surface area contributed by atoms with Crippen LogP contribution in [-0.2, 0) is 27.4 Å². The molecule has 140 valence electrons. The molecule has 1 saturated carbocycles. The van der Waals surface area contributed by atoms with Gasteiger partial charge in [-0.15, -0.1) is 12.4 Å². The van der Waals surface area contributed by atoms with Gasteiger partial charge in [-0.05, 0) is 24.0 Å². The van der Waals surface area contributed by atoms with Gasteiger partial charge in [0, 0.05) is 31.6 Å². The number of nitrogens with one attached hydrogen (secondary N) is 1. The Morgan fingerprint density at radius 2 is 2.04 bits per heavy atom. The van der Waals surface area contributed by atoms with Crippen molar-refractivity contribution in [2.24, 2.45) is 17.1 Å². The number of benzene rings is 1. The lowest BCUT2D eigenvalue weighted by molar-refractivity contribution is -0.225. The molecule has 0 radical (unpaired) electrons. The zero-order chi connectivity index (χ0) is 17.4. The molecule has 1 heterocycles. The van der Waals surface area contributed by atoms with Gasteiger partial charge in [-0.25, -0.2) is 0 Å². The van der Waals surface area contributed by atoms with Gasteiger partial charge in [0.15, 0.2) is 0 Å². The lowest BCUT2D eigenvalue weighted by atomic mass is 9.46. The Hall–Kier alpha value is -1.14. The van der Waals surface area contributed by atoms with Gasteiger partial charge in [-0.3, -0.25) is 4.79 Å². The van der Waals surface area contributed by atoms with E-state index in [2.05, 4.69) is 5.32 Å². The van der Waals surface area contributed by atoms with Crippen LogP contribution in [0.15, 0.2) is 24.3 Å². The van der Waals surface area contributed by atoms with Crippen LogP contribution in [-0.4, -0.2) is 31.3 Å². The number of hydrogen-bond acceptors (Lipinski definition) is 4. The number of hydrogen-bond donors (Lipinski definition) is 2. The minimum absolute atomic E-state index is 0. The third-order valence-electron chi connectivity index (χ3n) is 5.92.